The molecule has 4 N–H and O–H groups in total. The van der Waals surface area contributed by atoms with Gasteiger partial charge in [-0.15, -0.1) is 0 Å². The first-order valence-corrected chi connectivity index (χ1v) is 6.44. The van der Waals surface area contributed by atoms with Crippen LogP contribution in [-0.4, -0.2) is 28.7 Å². The maximum atomic E-state index is 11.4. The topological polar surface area (TPSA) is 81.6 Å². The molecule has 106 valence electrons. The molecule has 5 nitrogen and oxygen atoms in total. The summed E-state index contributed by atoms with van der Waals surface area (Å²) < 4.78 is 0. The summed E-state index contributed by atoms with van der Waals surface area (Å²) in [5.74, 6) is 0.0656. The number of phenolic OH excluding ortho intramolecular Hbond substituents is 2. The van der Waals surface area contributed by atoms with Crippen LogP contribution >= 0.6 is 0 Å². The van der Waals surface area contributed by atoms with Gasteiger partial charge in [0.25, 0.3) is 0 Å². The highest BCUT2D eigenvalue weighted by molar-refractivity contribution is 5.76. The molecule has 1 aromatic rings. The van der Waals surface area contributed by atoms with E-state index < -0.39 is 0 Å². The van der Waals surface area contributed by atoms with E-state index in [9.17, 15) is 15.0 Å². The number of aromatic hydroxyl groups is 2. The van der Waals surface area contributed by atoms with E-state index in [1.54, 1.807) is 12.1 Å². The van der Waals surface area contributed by atoms with Crippen LogP contribution in [0, 0.1) is 0 Å². The summed E-state index contributed by atoms with van der Waals surface area (Å²) in [5.41, 5.74) is 0.779. The number of hydrogen-bond donors (Lipinski definition) is 4. The number of amides is 1. The van der Waals surface area contributed by atoms with E-state index in [1.807, 2.05) is 20.8 Å². The van der Waals surface area contributed by atoms with Crippen LogP contribution < -0.4 is 10.6 Å². The molecule has 0 spiro atoms. The van der Waals surface area contributed by atoms with Crippen molar-refractivity contribution in [2.24, 2.45) is 0 Å². The first kappa shape index (κ1) is 15.3. The summed E-state index contributed by atoms with van der Waals surface area (Å²) in [6.07, 6.45) is 0.396. The minimum atomic E-state index is -0.0511. The van der Waals surface area contributed by atoms with Gasteiger partial charge in [-0.25, -0.2) is 0 Å². The van der Waals surface area contributed by atoms with E-state index >= 15 is 0 Å². The second-order valence-corrected chi connectivity index (χ2v) is 4.93. The lowest BCUT2D eigenvalue weighted by molar-refractivity contribution is -0.121. The number of hydrogen-bond acceptors (Lipinski definition) is 4. The normalized spacial score (nSPS) is 12.4. The number of rotatable bonds is 6. The summed E-state index contributed by atoms with van der Waals surface area (Å²) in [7, 11) is 0. The van der Waals surface area contributed by atoms with Gasteiger partial charge in [-0.3, -0.25) is 4.79 Å². The van der Waals surface area contributed by atoms with Gasteiger partial charge in [-0.2, -0.15) is 0 Å². The molecular weight excluding hydrogens is 244 g/mol. The van der Waals surface area contributed by atoms with Crippen molar-refractivity contribution in [1.29, 1.82) is 0 Å². The Morgan fingerprint density at radius 1 is 1.16 bits per heavy atom. The second-order valence-electron chi connectivity index (χ2n) is 4.93. The zero-order chi connectivity index (χ0) is 14.4. The zero-order valence-electron chi connectivity index (χ0n) is 11.6. The van der Waals surface area contributed by atoms with Crippen molar-refractivity contribution >= 4 is 5.91 Å². The third-order valence-electron chi connectivity index (χ3n) is 2.68. The second kappa shape index (κ2) is 6.99. The summed E-state index contributed by atoms with van der Waals surface area (Å²) >= 11 is 0. The monoisotopic (exact) mass is 266 g/mol. The summed E-state index contributed by atoms with van der Waals surface area (Å²) in [6, 6.07) is 4.56. The van der Waals surface area contributed by atoms with E-state index in [1.165, 1.54) is 6.07 Å². The molecule has 5 heteroatoms. The van der Waals surface area contributed by atoms with Crippen LogP contribution in [0.5, 0.6) is 11.5 Å². The lowest BCUT2D eigenvalue weighted by Crippen LogP contribution is -2.33. The largest absolute Gasteiger partial charge is 0.508 e. The molecule has 0 aliphatic heterocycles. The Balaban J connectivity index is 2.43. The maximum Gasteiger partial charge on any atom is 0.221 e. The molecule has 1 unspecified atom stereocenters. The lowest BCUT2D eigenvalue weighted by atomic mass is 10.1. The number of carbonyl (C=O) groups is 1. The van der Waals surface area contributed by atoms with Crippen LogP contribution in [0.15, 0.2) is 18.2 Å². The third kappa shape index (κ3) is 5.61. The zero-order valence-corrected chi connectivity index (χ0v) is 11.6. The smallest absolute Gasteiger partial charge is 0.221 e. The van der Waals surface area contributed by atoms with Gasteiger partial charge in [0.2, 0.25) is 5.91 Å². The van der Waals surface area contributed by atoms with Gasteiger partial charge in [-0.05, 0) is 38.5 Å². The molecule has 0 aliphatic rings. The standard InChI is InChI=1S/C14H22N2O3/c1-9(2)16-14(19)4-5-15-10(3)11-6-12(17)8-13(18)7-11/h6-10,15,17-18H,4-5H2,1-3H3,(H,16,19). The third-order valence-corrected chi connectivity index (χ3v) is 2.68. The van der Waals surface area contributed by atoms with Crippen molar-refractivity contribution in [3.05, 3.63) is 23.8 Å². The van der Waals surface area contributed by atoms with E-state index in [0.29, 0.717) is 13.0 Å². The fourth-order valence-electron chi connectivity index (χ4n) is 1.78. The molecule has 0 saturated carbocycles. The Labute approximate surface area is 113 Å². The van der Waals surface area contributed by atoms with Gasteiger partial charge in [0, 0.05) is 31.1 Å². The molecule has 1 amide bonds. The van der Waals surface area contributed by atoms with Gasteiger partial charge in [0.05, 0.1) is 0 Å². The molecule has 0 fully saturated rings. The molecule has 0 aliphatic carbocycles. The average Bonchev–Trinajstić information content (AvgIpc) is 2.26. The molecule has 0 aromatic heterocycles. The molecular formula is C14H22N2O3. The molecule has 0 saturated heterocycles. The minimum absolute atomic E-state index is 0.00783. The summed E-state index contributed by atoms with van der Waals surface area (Å²) in [6.45, 7) is 6.29. The predicted octanol–water partition coefficient (Wildman–Crippen LogP) is 1.66. The van der Waals surface area contributed by atoms with Gasteiger partial charge in [0.1, 0.15) is 11.5 Å². The van der Waals surface area contributed by atoms with Crippen LogP contribution in [0.25, 0.3) is 0 Å². The van der Waals surface area contributed by atoms with E-state index in [4.69, 9.17) is 0 Å². The fraction of sp³-hybridized carbons (Fsp3) is 0.500. The van der Waals surface area contributed by atoms with Crippen molar-refractivity contribution < 1.29 is 15.0 Å². The first-order chi connectivity index (χ1) is 8.88. The highest BCUT2D eigenvalue weighted by atomic mass is 16.3. The van der Waals surface area contributed by atoms with Crippen LogP contribution in [0.3, 0.4) is 0 Å². The molecule has 1 rings (SSSR count). The predicted molar refractivity (Wildman–Crippen MR) is 74.1 cm³/mol. The van der Waals surface area contributed by atoms with Crippen molar-refractivity contribution in [2.45, 2.75) is 39.3 Å². The van der Waals surface area contributed by atoms with Crippen molar-refractivity contribution in [3.63, 3.8) is 0 Å². The highest BCUT2D eigenvalue weighted by Gasteiger charge is 2.09. The number of nitrogens with one attached hydrogen (secondary N) is 2. The lowest BCUT2D eigenvalue weighted by Gasteiger charge is -2.15. The van der Waals surface area contributed by atoms with Gasteiger partial charge in [0.15, 0.2) is 0 Å². The molecule has 0 radical (unpaired) electrons. The number of benzene rings is 1. The van der Waals surface area contributed by atoms with Crippen LogP contribution in [0.1, 0.15) is 38.8 Å². The van der Waals surface area contributed by atoms with Crippen LogP contribution in [0.4, 0.5) is 0 Å². The molecule has 1 aromatic carbocycles. The van der Waals surface area contributed by atoms with E-state index in [-0.39, 0.29) is 29.5 Å². The minimum Gasteiger partial charge on any atom is -0.508 e. The molecule has 1 atom stereocenters. The van der Waals surface area contributed by atoms with Crippen molar-refractivity contribution in [2.75, 3.05) is 6.54 Å². The quantitative estimate of drug-likeness (QED) is 0.631. The van der Waals surface area contributed by atoms with Crippen LogP contribution in [-0.2, 0) is 4.79 Å². The van der Waals surface area contributed by atoms with Gasteiger partial charge >= 0.3 is 0 Å². The van der Waals surface area contributed by atoms with E-state index in [0.717, 1.165) is 5.56 Å². The van der Waals surface area contributed by atoms with Crippen molar-refractivity contribution in [1.82, 2.24) is 10.6 Å². The molecule has 19 heavy (non-hydrogen) atoms. The Morgan fingerprint density at radius 3 is 2.26 bits per heavy atom. The Hall–Kier alpha value is -1.75. The van der Waals surface area contributed by atoms with E-state index in [2.05, 4.69) is 10.6 Å². The fourth-order valence-corrected chi connectivity index (χ4v) is 1.78. The molecule has 0 bridgehead atoms. The summed E-state index contributed by atoms with van der Waals surface area (Å²) in [5, 5.41) is 24.8. The SMILES string of the molecule is CC(C)NC(=O)CCNC(C)c1cc(O)cc(O)c1. The Kier molecular flexibility index (Phi) is 5.63. The number of phenols is 2. The van der Waals surface area contributed by atoms with Gasteiger partial charge in [-0.1, -0.05) is 0 Å². The Morgan fingerprint density at radius 2 is 1.74 bits per heavy atom. The number of carbonyl (C=O) groups excluding carboxylic acids is 1. The molecule has 0 heterocycles. The van der Waals surface area contributed by atoms with Crippen LogP contribution in [0.2, 0.25) is 0 Å². The highest BCUT2D eigenvalue weighted by Crippen LogP contribution is 2.24. The Bertz CT molecular complexity index is 412. The van der Waals surface area contributed by atoms with Crippen molar-refractivity contribution in [3.8, 4) is 11.5 Å². The maximum absolute atomic E-state index is 11.4. The average molecular weight is 266 g/mol. The first-order valence-electron chi connectivity index (χ1n) is 6.44. The van der Waals surface area contributed by atoms with Gasteiger partial charge < -0.3 is 20.8 Å². The summed E-state index contributed by atoms with van der Waals surface area (Å²) in [4.78, 5) is 11.4.